The summed E-state index contributed by atoms with van der Waals surface area (Å²) in [5.74, 6) is -9.03. The Bertz CT molecular complexity index is 3420. The van der Waals surface area contributed by atoms with E-state index in [9.17, 15) is 63.0 Å². The molecule has 0 aliphatic carbocycles. The van der Waals surface area contributed by atoms with Crippen molar-refractivity contribution in [1.82, 2.24) is 52.4 Å². The quantitative estimate of drug-likeness (QED) is 0.0132. The molecule has 1 aliphatic heterocycles. The number of carbonyl (C=O) groups excluding carboxylic acids is 11. The predicted octanol–water partition coefficient (Wildman–Crippen LogP) is -0.945. The van der Waals surface area contributed by atoms with Gasteiger partial charge in [0.25, 0.3) is 0 Å². The van der Waals surface area contributed by atoms with E-state index in [0.29, 0.717) is 39.6 Å². The molecule has 0 bridgehead atoms. The van der Waals surface area contributed by atoms with Crippen LogP contribution in [0.5, 0.6) is 5.75 Å². The number of aromatic amines is 1. The van der Waals surface area contributed by atoms with Crippen LogP contribution in [0, 0.1) is 5.92 Å². The fourth-order valence-electron chi connectivity index (χ4n) is 10.4. The number of fused-ring (bicyclic) bond motifs is 1. The molecule has 29 heteroatoms. The lowest BCUT2D eigenvalue weighted by Gasteiger charge is -2.30. The van der Waals surface area contributed by atoms with Crippen molar-refractivity contribution in [2.24, 2.45) is 33.8 Å². The van der Waals surface area contributed by atoms with E-state index in [1.165, 1.54) is 29.2 Å². The zero-order valence-electron chi connectivity index (χ0n) is 51.8. The molecule has 1 aliphatic rings. The first kappa shape index (κ1) is 71.5. The summed E-state index contributed by atoms with van der Waals surface area (Å²) in [6.45, 7) is 2.13. The second-order valence-electron chi connectivity index (χ2n) is 22.9. The van der Waals surface area contributed by atoms with Crippen LogP contribution in [0.15, 0.2) is 120 Å². The second kappa shape index (κ2) is 35.7. The number of likely N-dealkylation sites (tertiary alicyclic amines) is 1. The molecule has 1 aromatic heterocycles. The van der Waals surface area contributed by atoms with Crippen molar-refractivity contribution in [3.63, 3.8) is 0 Å². The number of carbonyl (C=O) groups is 11. The Morgan fingerprint density at radius 1 is 0.602 bits per heavy atom. The van der Waals surface area contributed by atoms with Gasteiger partial charge in [0.2, 0.25) is 59.1 Å². The molecule has 5 aromatic rings. The number of phenols is 1. The van der Waals surface area contributed by atoms with Crippen LogP contribution in [0.25, 0.3) is 10.9 Å². The summed E-state index contributed by atoms with van der Waals surface area (Å²) in [5.41, 5.74) is 24.6. The number of aliphatic imine (C=N–C) groups is 1. The highest BCUT2D eigenvalue weighted by Gasteiger charge is 2.40. The van der Waals surface area contributed by atoms with Crippen molar-refractivity contribution >= 4 is 82.0 Å². The molecule has 11 amide bonds. The Kier molecular flexibility index (Phi) is 27.5. The van der Waals surface area contributed by atoms with Crippen LogP contribution in [0.3, 0.4) is 0 Å². The number of amides is 11. The van der Waals surface area contributed by atoms with E-state index in [1.54, 1.807) is 105 Å². The van der Waals surface area contributed by atoms with Crippen LogP contribution >= 0.6 is 0 Å². The van der Waals surface area contributed by atoms with Gasteiger partial charge in [0, 0.05) is 55.9 Å². The molecule has 93 heavy (non-hydrogen) atoms. The van der Waals surface area contributed by atoms with E-state index in [2.05, 4.69) is 52.5 Å². The fourth-order valence-corrected chi connectivity index (χ4v) is 10.4. The molecule has 1 saturated heterocycles. The number of primary amides is 2. The number of aliphatic hydroxyl groups is 1. The zero-order valence-corrected chi connectivity index (χ0v) is 51.8. The molecule has 29 nitrogen and oxygen atoms in total. The molecule has 498 valence electrons. The van der Waals surface area contributed by atoms with Gasteiger partial charge >= 0.3 is 6.09 Å². The number of aromatic hydroxyl groups is 1. The minimum absolute atomic E-state index is 0.00693. The van der Waals surface area contributed by atoms with Gasteiger partial charge in [-0.15, -0.1) is 0 Å². The van der Waals surface area contributed by atoms with Crippen LogP contribution in [0.4, 0.5) is 4.79 Å². The maximum atomic E-state index is 14.9. The normalized spacial score (nSPS) is 14.9. The summed E-state index contributed by atoms with van der Waals surface area (Å²) in [4.78, 5) is 160. The van der Waals surface area contributed by atoms with Crippen LogP contribution in [0.2, 0.25) is 0 Å². The lowest BCUT2D eigenvalue weighted by molar-refractivity contribution is -0.142. The molecule has 0 saturated carbocycles. The predicted molar refractivity (Wildman–Crippen MR) is 341 cm³/mol. The van der Waals surface area contributed by atoms with E-state index < -0.39 is 127 Å². The van der Waals surface area contributed by atoms with Gasteiger partial charge in [-0.2, -0.15) is 0 Å². The Morgan fingerprint density at radius 3 is 1.72 bits per heavy atom. The topological polar surface area (TPSA) is 469 Å². The first-order valence-corrected chi connectivity index (χ1v) is 30.5. The highest BCUT2D eigenvalue weighted by Crippen LogP contribution is 2.22. The van der Waals surface area contributed by atoms with Gasteiger partial charge < -0.3 is 90.3 Å². The van der Waals surface area contributed by atoms with Crippen molar-refractivity contribution in [3.05, 3.63) is 138 Å². The highest BCUT2D eigenvalue weighted by atomic mass is 16.5. The smallest absolute Gasteiger partial charge is 0.408 e. The number of nitrogens with one attached hydrogen (secondary N) is 9. The molecule has 8 atom stereocenters. The summed E-state index contributed by atoms with van der Waals surface area (Å²) in [7, 11) is 0. The van der Waals surface area contributed by atoms with Crippen LogP contribution in [0.1, 0.15) is 81.0 Å². The first-order valence-electron chi connectivity index (χ1n) is 30.5. The first-order chi connectivity index (χ1) is 44.5. The monoisotopic (exact) mass is 1290 g/mol. The summed E-state index contributed by atoms with van der Waals surface area (Å²) in [6, 6.07) is 18.4. The summed E-state index contributed by atoms with van der Waals surface area (Å²) in [6.07, 6.45) is 0.139. The number of benzene rings is 4. The van der Waals surface area contributed by atoms with Gasteiger partial charge in [0.1, 0.15) is 60.7 Å². The standard InChI is InChI=1S/C64H83N15O14/c1-37(2)29-47(56(85)72-46(19-11-27-69-63(67)68)62(91)79-28-12-20-52(79)61(90)71-34-54(66)83)73-57(86)48(30-38-13-5-3-6-14-38)74-58(87)49(31-39-21-23-42(81)24-22-39)75-60(89)51(35-80)77-59(88)50(32-41-33-70-44-18-10-9-17-43(41)44)76-55(84)45(25-26-53(65)82)78-64(92)93-36-40-15-7-4-8-16-40/h3-10,13-18,21-24,33,37,45-52,70,80-81H,11-12,19-20,25-32,34-36H2,1-2H3,(H2,65,82)(H2,66,83)(H,71,90)(H,72,85)(H,73,86)(H,74,87)(H,75,89)(H,76,84)(H,77,88)(H,78,92)(H4,67,68,69)/t45-,46-,47-,48+,49-,50-,51-,52-/m0/s1. The Labute approximate surface area is 536 Å². The molecular formula is C64H83N15O14. The largest absolute Gasteiger partial charge is 0.508 e. The number of hydrogen-bond donors (Lipinski definition) is 15. The lowest BCUT2D eigenvalue weighted by atomic mass is 9.99. The number of nitrogens with zero attached hydrogens (tertiary/aromatic N) is 2. The van der Waals surface area contributed by atoms with Gasteiger partial charge in [-0.25, -0.2) is 4.79 Å². The van der Waals surface area contributed by atoms with Crippen LogP contribution < -0.4 is 65.5 Å². The van der Waals surface area contributed by atoms with Gasteiger partial charge in [-0.1, -0.05) is 105 Å². The highest BCUT2D eigenvalue weighted by molar-refractivity contribution is 5.99. The van der Waals surface area contributed by atoms with Gasteiger partial charge in [0.15, 0.2) is 5.96 Å². The molecule has 6 rings (SSSR count). The maximum absolute atomic E-state index is 14.9. The molecule has 4 aromatic carbocycles. The third-order valence-corrected chi connectivity index (χ3v) is 15.1. The van der Waals surface area contributed by atoms with E-state index in [0.717, 1.165) is 0 Å². The number of alkyl carbamates (subject to hydrolysis) is 1. The zero-order chi connectivity index (χ0) is 67.6. The number of rotatable bonds is 35. The Morgan fingerprint density at radius 2 is 1.13 bits per heavy atom. The number of H-pyrrole nitrogens is 1. The molecule has 1 fully saturated rings. The number of aliphatic hydroxyl groups excluding tert-OH is 1. The van der Waals surface area contributed by atoms with Gasteiger partial charge in [-0.05, 0) is 84.9 Å². The third-order valence-electron chi connectivity index (χ3n) is 15.1. The summed E-state index contributed by atoms with van der Waals surface area (Å²) >= 11 is 0. The molecule has 0 radical (unpaired) electrons. The van der Waals surface area contributed by atoms with Gasteiger partial charge in [0.05, 0.1) is 13.2 Å². The third kappa shape index (κ3) is 23.0. The second-order valence-corrected chi connectivity index (χ2v) is 22.9. The number of nitrogens with two attached hydrogens (primary N) is 4. The van der Waals surface area contributed by atoms with Gasteiger partial charge in [-0.3, -0.25) is 52.9 Å². The van der Waals surface area contributed by atoms with E-state index >= 15 is 0 Å². The Hall–Kier alpha value is -10.6. The average molecular weight is 1290 g/mol. The number of aromatic nitrogens is 1. The minimum atomic E-state index is -1.82. The number of para-hydroxylation sites is 1. The molecular weight excluding hydrogens is 1200 g/mol. The number of phenolic OH excluding ortho intramolecular Hbond substituents is 1. The number of hydrogen-bond acceptors (Lipinski definition) is 15. The van der Waals surface area contributed by atoms with Crippen molar-refractivity contribution in [1.29, 1.82) is 0 Å². The summed E-state index contributed by atoms with van der Waals surface area (Å²) < 4.78 is 5.34. The molecule has 2 heterocycles. The Balaban J connectivity index is 1.25. The maximum Gasteiger partial charge on any atom is 0.408 e. The van der Waals surface area contributed by atoms with E-state index in [4.69, 9.17) is 27.7 Å². The van der Waals surface area contributed by atoms with Crippen LogP contribution in [-0.2, 0) is 78.6 Å². The molecule has 19 N–H and O–H groups in total. The van der Waals surface area contributed by atoms with Crippen molar-refractivity contribution in [2.45, 2.75) is 133 Å². The lowest BCUT2D eigenvalue weighted by Crippen LogP contribution is -2.61. The number of ether oxygens (including phenoxy) is 1. The summed E-state index contributed by atoms with van der Waals surface area (Å²) in [5, 5.41) is 42.5. The van der Waals surface area contributed by atoms with Crippen LogP contribution in [-0.4, -0.2) is 166 Å². The molecule has 0 unspecified atom stereocenters. The van der Waals surface area contributed by atoms with E-state index in [-0.39, 0.29) is 95.1 Å². The van der Waals surface area contributed by atoms with E-state index in [1.807, 2.05) is 0 Å². The average Bonchev–Trinajstić information content (AvgIpc) is 1.83. The van der Waals surface area contributed by atoms with Crippen molar-refractivity contribution < 1.29 is 67.7 Å². The minimum Gasteiger partial charge on any atom is -0.508 e. The number of guanidine groups is 1. The van der Waals surface area contributed by atoms with Crippen molar-refractivity contribution in [3.8, 4) is 5.75 Å². The fraction of sp³-hybridized carbons (Fsp3) is 0.406. The van der Waals surface area contributed by atoms with Crippen molar-refractivity contribution in [2.75, 3.05) is 26.2 Å². The molecule has 0 spiro atoms. The SMILES string of the molecule is CC(C)C[C@H](NC(=O)[C@@H](Cc1ccccc1)NC(=O)[C@H](Cc1ccc(O)cc1)NC(=O)[C@H](CO)NC(=O)[C@H](Cc1c[nH]c2ccccc12)NC(=O)[C@H](CCC(N)=O)NC(=O)OCc1ccccc1)C(=O)N[C@@H](CCCN=C(N)N)C(=O)N1CCC[C@H]1C(=O)NCC(N)=O.